The maximum Gasteiger partial charge on any atom is 0.155 e. The number of fused-ring (bicyclic) bond motifs is 1. The van der Waals surface area contributed by atoms with Gasteiger partial charge in [-0.3, -0.25) is 4.79 Å². The molecule has 1 aromatic carbocycles. The maximum absolute atomic E-state index is 10.0. The van der Waals surface area contributed by atoms with E-state index in [1.807, 2.05) is 35.8 Å². The smallest absolute Gasteiger partial charge is 0.155 e. The molecule has 1 radical (unpaired) electrons. The summed E-state index contributed by atoms with van der Waals surface area (Å²) in [6.07, 6.45) is 2.96. The molecule has 0 unspecified atom stereocenters. The second kappa shape index (κ2) is 9.30. The van der Waals surface area contributed by atoms with E-state index in [4.69, 9.17) is 5.11 Å². The molecule has 0 aliphatic heterocycles. The zero-order valence-electron chi connectivity index (χ0n) is 12.6. The summed E-state index contributed by atoms with van der Waals surface area (Å²) in [6.45, 7) is 2.85. The SMILES string of the molecule is CC(=O)C=C(C)O.[Ir].[c-]1ccccc1-c1nccc2ncsc12. The van der Waals surface area contributed by atoms with E-state index in [0.717, 1.165) is 21.5 Å². The van der Waals surface area contributed by atoms with E-state index in [2.05, 4.69) is 16.0 Å². The molecule has 0 saturated carbocycles. The van der Waals surface area contributed by atoms with E-state index < -0.39 is 0 Å². The average molecular weight is 504 g/mol. The quantitative estimate of drug-likeness (QED) is 0.324. The van der Waals surface area contributed by atoms with Gasteiger partial charge in [0.05, 0.1) is 16.8 Å². The van der Waals surface area contributed by atoms with Crippen LogP contribution in [0.3, 0.4) is 0 Å². The molecule has 23 heavy (non-hydrogen) atoms. The van der Waals surface area contributed by atoms with Crippen LogP contribution in [-0.4, -0.2) is 20.9 Å². The van der Waals surface area contributed by atoms with E-state index >= 15 is 0 Å². The minimum absolute atomic E-state index is 0. The maximum atomic E-state index is 10.0. The second-order valence-corrected chi connectivity index (χ2v) is 5.39. The van der Waals surface area contributed by atoms with Gasteiger partial charge in [0.2, 0.25) is 0 Å². The number of rotatable bonds is 2. The number of aliphatic hydroxyl groups excluding tert-OH is 1. The van der Waals surface area contributed by atoms with Crippen LogP contribution < -0.4 is 0 Å². The molecule has 0 aliphatic rings. The van der Waals surface area contributed by atoms with Crippen LogP contribution in [0.5, 0.6) is 0 Å². The molecule has 1 N–H and O–H groups in total. The monoisotopic (exact) mass is 504 g/mol. The molecule has 0 bridgehead atoms. The molecule has 121 valence electrons. The van der Waals surface area contributed by atoms with Gasteiger partial charge in [-0.15, -0.1) is 47.2 Å². The number of thiazole rings is 1. The van der Waals surface area contributed by atoms with Gasteiger partial charge in [0.25, 0.3) is 0 Å². The summed E-state index contributed by atoms with van der Waals surface area (Å²) in [6, 6.07) is 13.0. The summed E-state index contributed by atoms with van der Waals surface area (Å²) < 4.78 is 1.12. The topological polar surface area (TPSA) is 63.1 Å². The minimum Gasteiger partial charge on any atom is -0.512 e. The van der Waals surface area contributed by atoms with Crippen molar-refractivity contribution in [2.45, 2.75) is 13.8 Å². The molecule has 4 nitrogen and oxygen atoms in total. The molecule has 2 aromatic heterocycles. The summed E-state index contributed by atoms with van der Waals surface area (Å²) in [7, 11) is 0. The Morgan fingerprint density at radius 1 is 1.26 bits per heavy atom. The first-order chi connectivity index (χ1) is 10.6. The van der Waals surface area contributed by atoms with Crippen LogP contribution in [0.15, 0.2) is 53.9 Å². The van der Waals surface area contributed by atoms with E-state index in [1.165, 1.54) is 19.9 Å². The summed E-state index contributed by atoms with van der Waals surface area (Å²) >= 11 is 1.62. The third-order valence-electron chi connectivity index (χ3n) is 2.62. The van der Waals surface area contributed by atoms with Crippen molar-refractivity contribution in [3.05, 3.63) is 59.9 Å². The summed E-state index contributed by atoms with van der Waals surface area (Å²) in [5.41, 5.74) is 4.84. The van der Waals surface area contributed by atoms with Gasteiger partial charge in [-0.1, -0.05) is 0 Å². The Kier molecular flexibility index (Phi) is 7.75. The zero-order valence-corrected chi connectivity index (χ0v) is 15.8. The van der Waals surface area contributed by atoms with Crippen molar-refractivity contribution in [2.24, 2.45) is 0 Å². The summed E-state index contributed by atoms with van der Waals surface area (Å²) in [5, 5.41) is 8.36. The fourth-order valence-corrected chi connectivity index (χ4v) is 2.61. The largest absolute Gasteiger partial charge is 0.512 e. The van der Waals surface area contributed by atoms with Crippen LogP contribution in [0.25, 0.3) is 21.5 Å². The standard InChI is InChI=1S/C12H7N2S.C5H8O2.Ir/c1-2-4-9(5-3-1)11-12-10(6-7-13-11)14-8-15-12;1-4(6)3-5(2)7;/h1-4,6-8H;3,6H,1-2H3;/q-1;;. The van der Waals surface area contributed by atoms with Crippen molar-refractivity contribution in [3.8, 4) is 11.3 Å². The van der Waals surface area contributed by atoms with Crippen LogP contribution in [0.2, 0.25) is 0 Å². The summed E-state index contributed by atoms with van der Waals surface area (Å²) in [4.78, 5) is 18.7. The fraction of sp³-hybridized carbons (Fsp3) is 0.118. The van der Waals surface area contributed by atoms with Crippen molar-refractivity contribution in [3.63, 3.8) is 0 Å². The van der Waals surface area contributed by atoms with Crippen LogP contribution in [0, 0.1) is 6.07 Å². The first-order valence-electron chi connectivity index (χ1n) is 6.61. The van der Waals surface area contributed by atoms with Gasteiger partial charge in [0.1, 0.15) is 0 Å². The van der Waals surface area contributed by atoms with Gasteiger partial charge in [-0.05, 0) is 19.9 Å². The Morgan fingerprint density at radius 2 is 2.04 bits per heavy atom. The molecular formula is C17H15IrN2O2S-. The van der Waals surface area contributed by atoms with Crippen LogP contribution in [0.1, 0.15) is 13.8 Å². The molecule has 0 spiro atoms. The van der Waals surface area contributed by atoms with Crippen molar-refractivity contribution >= 4 is 27.3 Å². The number of carbonyl (C=O) groups excluding carboxylic acids is 1. The Morgan fingerprint density at radius 3 is 2.61 bits per heavy atom. The van der Waals surface area contributed by atoms with Gasteiger partial charge in [-0.25, -0.2) is 4.98 Å². The van der Waals surface area contributed by atoms with Crippen molar-refractivity contribution < 1.29 is 30.0 Å². The van der Waals surface area contributed by atoms with Gasteiger partial charge in [0.15, 0.2) is 5.78 Å². The number of pyridine rings is 1. The molecule has 3 rings (SSSR count). The fourth-order valence-electron chi connectivity index (χ4n) is 1.82. The third kappa shape index (κ3) is 5.67. The number of ketones is 1. The molecule has 2 heterocycles. The molecule has 0 aliphatic carbocycles. The second-order valence-electron chi connectivity index (χ2n) is 4.53. The van der Waals surface area contributed by atoms with Gasteiger partial charge < -0.3 is 10.1 Å². The van der Waals surface area contributed by atoms with E-state index in [-0.39, 0.29) is 31.6 Å². The number of allylic oxidation sites excluding steroid dienone is 2. The number of benzene rings is 1. The van der Waals surface area contributed by atoms with Crippen molar-refractivity contribution in [1.29, 1.82) is 0 Å². The molecule has 0 amide bonds. The Bertz CT molecular complexity index is 796. The van der Waals surface area contributed by atoms with Crippen molar-refractivity contribution in [2.75, 3.05) is 0 Å². The first kappa shape index (κ1) is 19.2. The number of aromatic nitrogens is 2. The van der Waals surface area contributed by atoms with Gasteiger partial charge in [-0.2, -0.15) is 0 Å². The first-order valence-corrected chi connectivity index (χ1v) is 7.49. The molecular weight excluding hydrogens is 488 g/mol. The van der Waals surface area contributed by atoms with E-state index in [1.54, 1.807) is 17.5 Å². The number of hydrogen-bond donors (Lipinski definition) is 1. The number of hydrogen-bond acceptors (Lipinski definition) is 5. The number of aliphatic hydroxyl groups is 1. The molecule has 0 fully saturated rings. The molecule has 3 aromatic rings. The van der Waals surface area contributed by atoms with Crippen LogP contribution >= 0.6 is 11.3 Å². The van der Waals surface area contributed by atoms with Gasteiger partial charge >= 0.3 is 0 Å². The number of nitrogens with zero attached hydrogens (tertiary/aromatic N) is 2. The Balaban J connectivity index is 0.000000287. The van der Waals surface area contributed by atoms with Crippen molar-refractivity contribution in [1.82, 2.24) is 9.97 Å². The molecule has 0 saturated heterocycles. The van der Waals surface area contributed by atoms with Crippen LogP contribution in [0.4, 0.5) is 0 Å². The average Bonchev–Trinajstić information content (AvgIpc) is 2.95. The third-order valence-corrected chi connectivity index (χ3v) is 3.47. The predicted octanol–water partition coefficient (Wildman–Crippen LogP) is 4.19. The summed E-state index contributed by atoms with van der Waals surface area (Å²) in [5.74, 6) is -0.0625. The normalized spacial score (nSPS) is 10.4. The number of carbonyl (C=O) groups is 1. The minimum atomic E-state index is -0.125. The zero-order chi connectivity index (χ0) is 15.9. The molecule has 6 heteroatoms. The van der Waals surface area contributed by atoms with E-state index in [0.29, 0.717) is 0 Å². The van der Waals surface area contributed by atoms with Crippen LogP contribution in [-0.2, 0) is 24.9 Å². The Labute approximate surface area is 152 Å². The van der Waals surface area contributed by atoms with E-state index in [9.17, 15) is 4.79 Å². The molecule has 0 atom stereocenters. The Hall–Kier alpha value is -1.88. The van der Waals surface area contributed by atoms with Gasteiger partial charge in [0, 0.05) is 42.8 Å². The predicted molar refractivity (Wildman–Crippen MR) is 88.8 cm³/mol.